The molecule has 5 nitrogen and oxygen atoms in total. The van der Waals surface area contributed by atoms with Crippen molar-refractivity contribution >= 4 is 27.8 Å². The standard InChI is InChI=1S/C19H22FNO4S2/c1-3-21(4-2)27(23,24)16-11-9-15(10-12-16)19(22)25-13-14-26-18-8-6-5-7-17(18)20/h5-12H,3-4,13-14H2,1-2H3. The molecule has 0 heterocycles. The van der Waals surface area contributed by atoms with E-state index in [2.05, 4.69) is 0 Å². The largest absolute Gasteiger partial charge is 0.461 e. The van der Waals surface area contributed by atoms with E-state index in [9.17, 15) is 17.6 Å². The maximum Gasteiger partial charge on any atom is 0.338 e. The zero-order valence-electron chi connectivity index (χ0n) is 15.2. The molecule has 8 heteroatoms. The molecule has 0 saturated heterocycles. The molecule has 0 N–H and O–H groups in total. The van der Waals surface area contributed by atoms with Crippen molar-refractivity contribution in [2.24, 2.45) is 0 Å². The molecule has 2 aromatic rings. The van der Waals surface area contributed by atoms with Gasteiger partial charge in [-0.05, 0) is 36.4 Å². The number of hydrogen-bond acceptors (Lipinski definition) is 5. The monoisotopic (exact) mass is 411 g/mol. The maximum atomic E-state index is 13.5. The van der Waals surface area contributed by atoms with Crippen LogP contribution in [0.25, 0.3) is 0 Å². The van der Waals surface area contributed by atoms with Gasteiger partial charge in [-0.2, -0.15) is 4.31 Å². The number of sulfonamides is 1. The summed E-state index contributed by atoms with van der Waals surface area (Å²) in [5.41, 5.74) is 0.268. The van der Waals surface area contributed by atoms with Crippen molar-refractivity contribution in [1.82, 2.24) is 4.31 Å². The Morgan fingerprint density at radius 2 is 1.70 bits per heavy atom. The maximum absolute atomic E-state index is 13.5. The predicted octanol–water partition coefficient (Wildman–Crippen LogP) is 3.81. The van der Waals surface area contributed by atoms with E-state index in [1.807, 2.05) is 0 Å². The molecule has 2 aromatic carbocycles. The summed E-state index contributed by atoms with van der Waals surface area (Å²) in [6.07, 6.45) is 0. The number of carbonyl (C=O) groups is 1. The van der Waals surface area contributed by atoms with Crippen molar-refractivity contribution in [3.63, 3.8) is 0 Å². The third-order valence-electron chi connectivity index (χ3n) is 3.84. The summed E-state index contributed by atoms with van der Waals surface area (Å²) in [6.45, 7) is 4.42. The zero-order valence-corrected chi connectivity index (χ0v) is 16.9. The lowest BCUT2D eigenvalue weighted by Gasteiger charge is -2.18. The second-order valence-electron chi connectivity index (χ2n) is 5.53. The van der Waals surface area contributed by atoms with E-state index in [-0.39, 0.29) is 22.9 Å². The van der Waals surface area contributed by atoms with Gasteiger partial charge in [0.2, 0.25) is 10.0 Å². The first kappa shape index (κ1) is 21.4. The minimum atomic E-state index is -3.56. The smallest absolute Gasteiger partial charge is 0.338 e. The van der Waals surface area contributed by atoms with Gasteiger partial charge in [-0.3, -0.25) is 0 Å². The van der Waals surface area contributed by atoms with Crippen molar-refractivity contribution in [3.05, 3.63) is 59.9 Å². The molecule has 0 radical (unpaired) electrons. The number of esters is 1. The minimum absolute atomic E-state index is 0.122. The number of nitrogens with zero attached hydrogens (tertiary/aromatic N) is 1. The van der Waals surface area contributed by atoms with E-state index in [4.69, 9.17) is 4.74 Å². The van der Waals surface area contributed by atoms with Crippen LogP contribution in [-0.4, -0.2) is 44.1 Å². The van der Waals surface area contributed by atoms with Crippen molar-refractivity contribution in [2.75, 3.05) is 25.4 Å². The molecule has 27 heavy (non-hydrogen) atoms. The number of ether oxygens (including phenoxy) is 1. The average Bonchev–Trinajstić information content (AvgIpc) is 2.67. The first-order chi connectivity index (χ1) is 12.9. The van der Waals surface area contributed by atoms with Gasteiger partial charge in [-0.25, -0.2) is 17.6 Å². The Balaban J connectivity index is 1.91. The Labute approximate surface area is 163 Å². The summed E-state index contributed by atoms with van der Waals surface area (Å²) in [6, 6.07) is 12.1. The highest BCUT2D eigenvalue weighted by molar-refractivity contribution is 7.99. The second kappa shape index (κ2) is 9.87. The van der Waals surface area contributed by atoms with Gasteiger partial charge >= 0.3 is 5.97 Å². The van der Waals surface area contributed by atoms with Gasteiger partial charge in [0.15, 0.2) is 0 Å². The van der Waals surface area contributed by atoms with Crippen LogP contribution in [0.4, 0.5) is 4.39 Å². The van der Waals surface area contributed by atoms with E-state index in [0.717, 1.165) is 0 Å². The highest BCUT2D eigenvalue weighted by atomic mass is 32.2. The molecule has 0 aliphatic rings. The lowest BCUT2D eigenvalue weighted by atomic mass is 10.2. The predicted molar refractivity (Wildman–Crippen MR) is 104 cm³/mol. The van der Waals surface area contributed by atoms with Crippen molar-refractivity contribution in [1.29, 1.82) is 0 Å². The van der Waals surface area contributed by atoms with E-state index in [1.54, 1.807) is 32.0 Å². The SMILES string of the molecule is CCN(CC)S(=O)(=O)c1ccc(C(=O)OCCSc2ccccc2F)cc1. The van der Waals surface area contributed by atoms with Gasteiger partial charge in [0.05, 0.1) is 10.5 Å². The van der Waals surface area contributed by atoms with Gasteiger partial charge in [0, 0.05) is 23.7 Å². The summed E-state index contributed by atoms with van der Waals surface area (Å²) in [5, 5.41) is 0. The average molecular weight is 412 g/mol. The van der Waals surface area contributed by atoms with Crippen LogP contribution in [0.15, 0.2) is 58.3 Å². The summed E-state index contributed by atoms with van der Waals surface area (Å²) >= 11 is 1.26. The van der Waals surface area contributed by atoms with E-state index in [0.29, 0.717) is 23.7 Å². The van der Waals surface area contributed by atoms with E-state index < -0.39 is 16.0 Å². The Hall–Kier alpha value is -1.90. The fourth-order valence-electron chi connectivity index (χ4n) is 2.41. The molecule has 0 aliphatic carbocycles. The van der Waals surface area contributed by atoms with Crippen LogP contribution < -0.4 is 0 Å². The molecular formula is C19H22FNO4S2. The molecule has 146 valence electrons. The zero-order chi connectivity index (χ0) is 19.9. The normalized spacial score (nSPS) is 11.6. The minimum Gasteiger partial charge on any atom is -0.461 e. The molecule has 0 atom stereocenters. The van der Waals surface area contributed by atoms with Crippen LogP contribution in [0, 0.1) is 5.82 Å². The number of benzene rings is 2. The van der Waals surface area contributed by atoms with Gasteiger partial charge < -0.3 is 4.74 Å². The van der Waals surface area contributed by atoms with Crippen LogP contribution in [0.2, 0.25) is 0 Å². The van der Waals surface area contributed by atoms with Gasteiger partial charge in [0.1, 0.15) is 12.4 Å². The van der Waals surface area contributed by atoms with Crippen LogP contribution in [0.5, 0.6) is 0 Å². The van der Waals surface area contributed by atoms with E-state index >= 15 is 0 Å². The first-order valence-corrected chi connectivity index (χ1v) is 11.0. The molecule has 0 aliphatic heterocycles. The Morgan fingerprint density at radius 3 is 2.30 bits per heavy atom. The highest BCUT2D eigenvalue weighted by Crippen LogP contribution is 2.21. The molecule has 0 amide bonds. The molecule has 0 aromatic heterocycles. The number of thioether (sulfide) groups is 1. The number of rotatable bonds is 9. The van der Waals surface area contributed by atoms with Crippen LogP contribution in [-0.2, 0) is 14.8 Å². The Kier molecular flexibility index (Phi) is 7.82. The summed E-state index contributed by atoms with van der Waals surface area (Å²) in [7, 11) is -3.56. The summed E-state index contributed by atoms with van der Waals surface area (Å²) < 4.78 is 44.9. The van der Waals surface area contributed by atoms with E-state index in [1.165, 1.54) is 46.4 Å². The quantitative estimate of drug-likeness (QED) is 0.357. The number of carbonyl (C=O) groups excluding carboxylic acids is 1. The molecule has 2 rings (SSSR count). The molecule has 0 spiro atoms. The topological polar surface area (TPSA) is 63.7 Å². The molecular weight excluding hydrogens is 389 g/mol. The van der Waals surface area contributed by atoms with Crippen LogP contribution >= 0.6 is 11.8 Å². The second-order valence-corrected chi connectivity index (χ2v) is 8.60. The lowest BCUT2D eigenvalue weighted by molar-refractivity contribution is 0.0530. The van der Waals surface area contributed by atoms with Crippen LogP contribution in [0.1, 0.15) is 24.2 Å². The van der Waals surface area contributed by atoms with Gasteiger partial charge in [0.25, 0.3) is 0 Å². The molecule has 0 fully saturated rings. The summed E-state index contributed by atoms with van der Waals surface area (Å²) in [5.74, 6) is -0.434. The fourth-order valence-corrected chi connectivity index (χ4v) is 4.63. The molecule has 0 unspecified atom stereocenters. The third kappa shape index (κ3) is 5.54. The fraction of sp³-hybridized carbons (Fsp3) is 0.316. The first-order valence-electron chi connectivity index (χ1n) is 8.54. The molecule has 0 saturated carbocycles. The lowest BCUT2D eigenvalue weighted by Crippen LogP contribution is -2.30. The Bertz CT molecular complexity index is 866. The van der Waals surface area contributed by atoms with Gasteiger partial charge in [-0.1, -0.05) is 26.0 Å². The van der Waals surface area contributed by atoms with Crippen molar-refractivity contribution < 1.29 is 22.3 Å². The molecule has 0 bridgehead atoms. The van der Waals surface area contributed by atoms with Gasteiger partial charge in [-0.15, -0.1) is 11.8 Å². The highest BCUT2D eigenvalue weighted by Gasteiger charge is 2.21. The summed E-state index contributed by atoms with van der Waals surface area (Å²) in [4.78, 5) is 12.7. The van der Waals surface area contributed by atoms with Crippen LogP contribution in [0.3, 0.4) is 0 Å². The van der Waals surface area contributed by atoms with Crippen molar-refractivity contribution in [3.8, 4) is 0 Å². The number of halogens is 1. The van der Waals surface area contributed by atoms with Crippen molar-refractivity contribution in [2.45, 2.75) is 23.6 Å². The Morgan fingerprint density at radius 1 is 1.07 bits per heavy atom. The third-order valence-corrected chi connectivity index (χ3v) is 6.92. The number of hydrogen-bond donors (Lipinski definition) is 0.